The molecule has 3 rings (SSSR count). The van der Waals surface area contributed by atoms with Crippen LogP contribution < -0.4 is 4.74 Å². The van der Waals surface area contributed by atoms with Gasteiger partial charge in [-0.2, -0.15) is 0 Å². The second-order valence-electron chi connectivity index (χ2n) is 6.69. The first-order chi connectivity index (χ1) is 12.1. The van der Waals surface area contributed by atoms with Crippen LogP contribution in [0.4, 0.5) is 0 Å². The van der Waals surface area contributed by atoms with Gasteiger partial charge in [-0.3, -0.25) is 9.59 Å². The summed E-state index contributed by atoms with van der Waals surface area (Å²) in [6.07, 6.45) is 3.27. The van der Waals surface area contributed by atoms with Crippen molar-refractivity contribution in [3.05, 3.63) is 11.8 Å². The van der Waals surface area contributed by atoms with Crippen molar-refractivity contribution in [3.63, 3.8) is 0 Å². The molecule has 8 heteroatoms. The van der Waals surface area contributed by atoms with Crippen LogP contribution in [0.3, 0.4) is 0 Å². The van der Waals surface area contributed by atoms with E-state index < -0.39 is 0 Å². The van der Waals surface area contributed by atoms with Crippen molar-refractivity contribution in [1.82, 2.24) is 15.0 Å². The normalized spacial score (nSPS) is 20.2. The Labute approximate surface area is 147 Å². The number of nitrogens with zero attached hydrogens (tertiary/aromatic N) is 3. The van der Waals surface area contributed by atoms with Gasteiger partial charge in [-0.15, -0.1) is 0 Å². The summed E-state index contributed by atoms with van der Waals surface area (Å²) in [5, 5.41) is 3.67. The van der Waals surface area contributed by atoms with Crippen molar-refractivity contribution in [1.29, 1.82) is 0 Å². The third kappa shape index (κ3) is 3.49. The standard InChI is InChI=1S/C17H25N3O5/c1-23-11-10-20-7-3-4-17(16(20)22)5-8-19(9-6-17)15(21)13-12-14(24-2)18-25-13/h12H,3-11H2,1-2H3. The van der Waals surface area contributed by atoms with E-state index in [0.29, 0.717) is 39.1 Å². The highest BCUT2D eigenvalue weighted by Crippen LogP contribution is 2.41. The predicted octanol–water partition coefficient (Wildman–Crippen LogP) is 1.17. The maximum absolute atomic E-state index is 12.9. The number of carbonyl (C=O) groups excluding carboxylic acids is 2. The fourth-order valence-electron chi connectivity index (χ4n) is 3.78. The Balaban J connectivity index is 1.62. The van der Waals surface area contributed by atoms with Gasteiger partial charge in [-0.25, -0.2) is 0 Å². The van der Waals surface area contributed by atoms with E-state index in [4.69, 9.17) is 14.0 Å². The lowest BCUT2D eigenvalue weighted by atomic mass is 9.71. The Bertz CT molecular complexity index is 622. The van der Waals surface area contributed by atoms with E-state index >= 15 is 0 Å². The number of ether oxygens (including phenoxy) is 2. The molecule has 8 nitrogen and oxygen atoms in total. The lowest BCUT2D eigenvalue weighted by Crippen LogP contribution is -2.54. The van der Waals surface area contributed by atoms with Crippen LogP contribution in [0.5, 0.6) is 5.88 Å². The smallest absolute Gasteiger partial charge is 0.292 e. The van der Waals surface area contributed by atoms with Crippen LogP contribution in [-0.4, -0.2) is 73.8 Å². The van der Waals surface area contributed by atoms with Gasteiger partial charge in [-0.1, -0.05) is 0 Å². The average molecular weight is 351 g/mol. The van der Waals surface area contributed by atoms with Crippen LogP contribution in [-0.2, 0) is 9.53 Å². The monoisotopic (exact) mass is 351 g/mol. The fraction of sp³-hybridized carbons (Fsp3) is 0.706. The maximum Gasteiger partial charge on any atom is 0.292 e. The molecule has 25 heavy (non-hydrogen) atoms. The van der Waals surface area contributed by atoms with Crippen molar-refractivity contribution >= 4 is 11.8 Å². The number of carbonyl (C=O) groups is 2. The number of rotatable bonds is 5. The third-order valence-electron chi connectivity index (χ3n) is 5.31. The molecule has 2 saturated heterocycles. The molecule has 0 N–H and O–H groups in total. The highest BCUT2D eigenvalue weighted by atomic mass is 16.5. The number of aromatic nitrogens is 1. The van der Waals surface area contributed by atoms with E-state index in [2.05, 4.69) is 5.16 Å². The maximum atomic E-state index is 12.9. The summed E-state index contributed by atoms with van der Waals surface area (Å²) in [6.45, 7) is 3.08. The molecule has 0 saturated carbocycles. The molecule has 2 amide bonds. The third-order valence-corrected chi connectivity index (χ3v) is 5.31. The summed E-state index contributed by atoms with van der Waals surface area (Å²) in [7, 11) is 3.12. The van der Waals surface area contributed by atoms with Crippen molar-refractivity contribution in [3.8, 4) is 5.88 Å². The molecule has 2 aliphatic rings. The predicted molar refractivity (Wildman–Crippen MR) is 88.3 cm³/mol. The van der Waals surface area contributed by atoms with Gasteiger partial charge in [0.05, 0.1) is 25.2 Å². The number of hydrogen-bond donors (Lipinski definition) is 0. The Morgan fingerprint density at radius 2 is 2.04 bits per heavy atom. The quantitative estimate of drug-likeness (QED) is 0.792. The Kier molecular flexibility index (Phi) is 5.27. The van der Waals surface area contributed by atoms with E-state index in [9.17, 15) is 9.59 Å². The van der Waals surface area contributed by atoms with Crippen molar-refractivity contribution in [2.24, 2.45) is 5.41 Å². The van der Waals surface area contributed by atoms with Gasteiger partial charge < -0.3 is 23.8 Å². The molecule has 0 aliphatic carbocycles. The summed E-state index contributed by atoms with van der Waals surface area (Å²) >= 11 is 0. The second-order valence-corrected chi connectivity index (χ2v) is 6.69. The minimum absolute atomic E-state index is 0.171. The van der Waals surface area contributed by atoms with Crippen LogP contribution >= 0.6 is 0 Å². The zero-order chi connectivity index (χ0) is 17.9. The number of likely N-dealkylation sites (tertiary alicyclic amines) is 2. The number of hydrogen-bond acceptors (Lipinski definition) is 6. The SMILES string of the molecule is COCCN1CCCC2(CCN(C(=O)c3cc(OC)no3)CC2)C1=O. The minimum atomic E-state index is -0.331. The molecule has 0 radical (unpaired) electrons. The Morgan fingerprint density at radius 1 is 1.28 bits per heavy atom. The summed E-state index contributed by atoms with van der Waals surface area (Å²) in [4.78, 5) is 29.1. The van der Waals surface area contributed by atoms with Crippen LogP contribution in [0.1, 0.15) is 36.2 Å². The van der Waals surface area contributed by atoms with Gasteiger partial charge >= 0.3 is 0 Å². The molecule has 0 aromatic carbocycles. The van der Waals surface area contributed by atoms with Gasteiger partial charge in [0.1, 0.15) is 0 Å². The fourth-order valence-corrected chi connectivity index (χ4v) is 3.78. The zero-order valence-corrected chi connectivity index (χ0v) is 14.8. The largest absolute Gasteiger partial charge is 0.479 e. The first kappa shape index (κ1) is 17.7. The molecule has 1 aromatic rings. The van der Waals surface area contributed by atoms with Crippen LogP contribution in [0.25, 0.3) is 0 Å². The van der Waals surface area contributed by atoms with E-state index in [1.807, 2.05) is 4.90 Å². The van der Waals surface area contributed by atoms with Crippen LogP contribution in [0.15, 0.2) is 10.6 Å². The molecular formula is C17H25N3O5. The van der Waals surface area contributed by atoms with E-state index in [1.54, 1.807) is 12.0 Å². The van der Waals surface area contributed by atoms with Gasteiger partial charge in [-0.05, 0) is 30.8 Å². The van der Waals surface area contributed by atoms with E-state index in [0.717, 1.165) is 19.4 Å². The number of piperidine rings is 2. The van der Waals surface area contributed by atoms with Gasteiger partial charge in [0, 0.05) is 33.3 Å². The summed E-state index contributed by atoms with van der Waals surface area (Å²) in [5.41, 5.74) is -0.331. The first-order valence-corrected chi connectivity index (χ1v) is 8.68. The van der Waals surface area contributed by atoms with Gasteiger partial charge in [0.2, 0.25) is 11.7 Å². The van der Waals surface area contributed by atoms with Crippen molar-refractivity contribution in [2.75, 3.05) is 47.0 Å². The molecule has 2 fully saturated rings. The second kappa shape index (κ2) is 7.43. The van der Waals surface area contributed by atoms with Crippen LogP contribution in [0, 0.1) is 5.41 Å². The van der Waals surface area contributed by atoms with Crippen molar-refractivity contribution < 1.29 is 23.6 Å². The highest BCUT2D eigenvalue weighted by Gasteiger charge is 2.46. The van der Waals surface area contributed by atoms with Gasteiger partial charge in [0.25, 0.3) is 11.8 Å². The lowest BCUT2D eigenvalue weighted by Gasteiger charge is -2.46. The van der Waals surface area contributed by atoms with Crippen LogP contribution in [0.2, 0.25) is 0 Å². The number of amides is 2. The molecule has 0 bridgehead atoms. The molecule has 1 aromatic heterocycles. The Hall–Kier alpha value is -2.09. The van der Waals surface area contributed by atoms with Crippen molar-refractivity contribution in [2.45, 2.75) is 25.7 Å². The first-order valence-electron chi connectivity index (χ1n) is 8.68. The number of methoxy groups -OCH3 is 2. The van der Waals surface area contributed by atoms with E-state index in [1.165, 1.54) is 13.2 Å². The summed E-state index contributed by atoms with van der Waals surface area (Å²) < 4.78 is 15.1. The lowest BCUT2D eigenvalue weighted by molar-refractivity contribution is -0.150. The molecule has 3 heterocycles. The highest BCUT2D eigenvalue weighted by molar-refractivity contribution is 5.92. The molecule has 2 aliphatic heterocycles. The topological polar surface area (TPSA) is 85.1 Å². The molecule has 0 atom stereocenters. The molecule has 1 spiro atoms. The van der Waals surface area contributed by atoms with Gasteiger partial charge in [0.15, 0.2) is 0 Å². The van der Waals surface area contributed by atoms with E-state index in [-0.39, 0.29) is 28.9 Å². The molecule has 138 valence electrons. The Morgan fingerprint density at radius 3 is 2.68 bits per heavy atom. The molecule has 0 unspecified atom stereocenters. The minimum Gasteiger partial charge on any atom is -0.479 e. The zero-order valence-electron chi connectivity index (χ0n) is 14.8. The molecular weight excluding hydrogens is 326 g/mol. The average Bonchev–Trinajstić information content (AvgIpc) is 3.12. The summed E-state index contributed by atoms with van der Waals surface area (Å²) in [6, 6.07) is 1.49. The summed E-state index contributed by atoms with van der Waals surface area (Å²) in [5.74, 6) is 0.465.